The SMILES string of the molecule is Cc1ccc(-c2ccc(C(=O)N[C@H](CO)C(C)(C)C)cc2C(=O)O)c(C(=O)Nc2ccc(C(=N)N)cc2)n1. The first-order chi connectivity index (χ1) is 17.8. The molecule has 0 spiro atoms. The molecule has 2 amide bonds. The third kappa shape index (κ3) is 6.40. The van der Waals surface area contributed by atoms with Gasteiger partial charge in [-0.1, -0.05) is 32.9 Å². The number of aliphatic hydroxyl groups is 1. The molecule has 1 aromatic heterocycles. The number of nitrogen functional groups attached to an aromatic ring is 1. The van der Waals surface area contributed by atoms with Gasteiger partial charge < -0.3 is 26.6 Å². The Labute approximate surface area is 220 Å². The largest absolute Gasteiger partial charge is 0.478 e. The summed E-state index contributed by atoms with van der Waals surface area (Å²) in [6, 6.07) is 13.3. The Balaban J connectivity index is 1.99. The highest BCUT2D eigenvalue weighted by Crippen LogP contribution is 2.29. The smallest absolute Gasteiger partial charge is 0.336 e. The Morgan fingerprint density at radius 1 is 0.974 bits per heavy atom. The Morgan fingerprint density at radius 3 is 2.13 bits per heavy atom. The fourth-order valence-electron chi connectivity index (χ4n) is 3.75. The van der Waals surface area contributed by atoms with Crippen LogP contribution in [0, 0.1) is 17.7 Å². The fourth-order valence-corrected chi connectivity index (χ4v) is 3.75. The van der Waals surface area contributed by atoms with Crippen LogP contribution >= 0.6 is 0 Å². The minimum absolute atomic E-state index is 0.00780. The average molecular weight is 518 g/mol. The monoisotopic (exact) mass is 517 g/mol. The first-order valence-corrected chi connectivity index (χ1v) is 11.8. The molecule has 0 aliphatic heterocycles. The number of aromatic carboxylic acids is 1. The van der Waals surface area contributed by atoms with Crippen molar-refractivity contribution < 1.29 is 24.6 Å². The topological polar surface area (TPSA) is 178 Å². The van der Waals surface area contributed by atoms with Crippen LogP contribution < -0.4 is 16.4 Å². The molecule has 10 heteroatoms. The normalized spacial score (nSPS) is 11.9. The van der Waals surface area contributed by atoms with Gasteiger partial charge in [-0.05, 0) is 60.4 Å². The lowest BCUT2D eigenvalue weighted by molar-refractivity contribution is 0.0697. The number of nitrogens with two attached hydrogens (primary N) is 1. The number of amides is 2. The third-order valence-corrected chi connectivity index (χ3v) is 6.04. The van der Waals surface area contributed by atoms with Gasteiger partial charge >= 0.3 is 5.97 Å². The number of hydrogen-bond donors (Lipinski definition) is 6. The van der Waals surface area contributed by atoms with E-state index < -0.39 is 29.2 Å². The molecule has 1 heterocycles. The Kier molecular flexibility index (Phi) is 8.27. The molecule has 10 nitrogen and oxygen atoms in total. The number of benzene rings is 2. The lowest BCUT2D eigenvalue weighted by atomic mass is 9.87. The number of nitrogens with one attached hydrogen (secondary N) is 3. The maximum Gasteiger partial charge on any atom is 0.336 e. The van der Waals surface area contributed by atoms with Crippen molar-refractivity contribution in [2.75, 3.05) is 11.9 Å². The molecule has 0 saturated heterocycles. The second-order valence-electron chi connectivity index (χ2n) is 9.93. The number of aromatic nitrogens is 1. The highest BCUT2D eigenvalue weighted by Gasteiger charge is 2.27. The molecule has 2 aromatic carbocycles. The highest BCUT2D eigenvalue weighted by molar-refractivity contribution is 6.10. The predicted molar refractivity (Wildman–Crippen MR) is 145 cm³/mol. The van der Waals surface area contributed by atoms with Gasteiger partial charge in [-0.2, -0.15) is 0 Å². The predicted octanol–water partition coefficient (Wildman–Crippen LogP) is 3.43. The van der Waals surface area contributed by atoms with E-state index in [1.807, 2.05) is 20.8 Å². The summed E-state index contributed by atoms with van der Waals surface area (Å²) >= 11 is 0. The third-order valence-electron chi connectivity index (χ3n) is 6.04. The summed E-state index contributed by atoms with van der Waals surface area (Å²) in [5, 5.41) is 32.6. The number of carbonyl (C=O) groups is 3. The zero-order valence-corrected chi connectivity index (χ0v) is 21.6. The van der Waals surface area contributed by atoms with E-state index >= 15 is 0 Å². The van der Waals surface area contributed by atoms with E-state index in [0.29, 0.717) is 16.9 Å². The number of pyridine rings is 1. The van der Waals surface area contributed by atoms with Crippen molar-refractivity contribution in [3.63, 3.8) is 0 Å². The summed E-state index contributed by atoms with van der Waals surface area (Å²) in [4.78, 5) is 42.6. The van der Waals surface area contributed by atoms with Crippen LogP contribution in [0.5, 0.6) is 0 Å². The van der Waals surface area contributed by atoms with Gasteiger partial charge in [0.25, 0.3) is 11.8 Å². The molecular weight excluding hydrogens is 486 g/mol. The van der Waals surface area contributed by atoms with Crippen molar-refractivity contribution in [3.8, 4) is 11.1 Å². The molecule has 3 aromatic rings. The molecule has 0 aliphatic carbocycles. The summed E-state index contributed by atoms with van der Waals surface area (Å²) < 4.78 is 0. The van der Waals surface area contributed by atoms with Crippen LogP contribution in [0.4, 0.5) is 5.69 Å². The summed E-state index contributed by atoms with van der Waals surface area (Å²) in [5.41, 5.74) is 6.98. The van der Waals surface area contributed by atoms with Crippen molar-refractivity contribution in [1.29, 1.82) is 5.41 Å². The first kappa shape index (κ1) is 28.0. The maximum atomic E-state index is 13.2. The van der Waals surface area contributed by atoms with Gasteiger partial charge in [0.05, 0.1) is 18.2 Å². The molecule has 0 fully saturated rings. The Hall–Kier alpha value is -4.57. The number of carboxylic acids is 1. The molecule has 0 saturated carbocycles. The van der Waals surface area contributed by atoms with Crippen LogP contribution in [-0.4, -0.2) is 51.5 Å². The number of nitrogens with zero attached hydrogens (tertiary/aromatic N) is 1. The lowest BCUT2D eigenvalue weighted by Gasteiger charge is -2.29. The number of carbonyl (C=O) groups excluding carboxylic acids is 2. The van der Waals surface area contributed by atoms with Gasteiger partial charge in [-0.3, -0.25) is 15.0 Å². The number of amidine groups is 1. The molecule has 0 bridgehead atoms. The van der Waals surface area contributed by atoms with E-state index in [0.717, 1.165) is 0 Å². The van der Waals surface area contributed by atoms with Crippen molar-refractivity contribution in [3.05, 3.63) is 82.7 Å². The van der Waals surface area contributed by atoms with Crippen LogP contribution in [0.15, 0.2) is 54.6 Å². The average Bonchev–Trinajstić information content (AvgIpc) is 2.86. The van der Waals surface area contributed by atoms with E-state index in [-0.39, 0.29) is 40.4 Å². The standard InChI is InChI=1S/C28H31N5O5/c1-15-5-11-20(23(31-15)26(36)32-18-9-6-16(7-10-18)24(29)30)19-12-8-17(13-21(19)27(37)38)25(35)33-22(14-34)28(2,3)4/h5-13,22,34H,14H2,1-4H3,(H3,29,30)(H,32,36)(H,33,35)(H,37,38)/t22-/m1/s1. The van der Waals surface area contributed by atoms with E-state index in [1.165, 1.54) is 18.2 Å². The highest BCUT2D eigenvalue weighted by atomic mass is 16.4. The molecular formula is C28H31N5O5. The van der Waals surface area contributed by atoms with Gasteiger partial charge in [0, 0.05) is 28.1 Å². The number of aryl methyl sites for hydroxylation is 1. The van der Waals surface area contributed by atoms with Crippen molar-refractivity contribution in [1.82, 2.24) is 10.3 Å². The van der Waals surface area contributed by atoms with Crippen molar-refractivity contribution in [2.45, 2.75) is 33.7 Å². The van der Waals surface area contributed by atoms with Crippen LogP contribution in [0.3, 0.4) is 0 Å². The zero-order valence-electron chi connectivity index (χ0n) is 21.6. The Morgan fingerprint density at radius 2 is 1.58 bits per heavy atom. The van der Waals surface area contributed by atoms with E-state index in [2.05, 4.69) is 15.6 Å². The molecule has 0 unspecified atom stereocenters. The zero-order chi connectivity index (χ0) is 28.2. The summed E-state index contributed by atoms with van der Waals surface area (Å²) in [6.07, 6.45) is 0. The minimum Gasteiger partial charge on any atom is -0.478 e. The van der Waals surface area contributed by atoms with Gasteiger partial charge in [-0.25, -0.2) is 9.78 Å². The summed E-state index contributed by atoms with van der Waals surface area (Å²) in [6.45, 7) is 7.04. The fraction of sp³-hybridized carbons (Fsp3) is 0.250. The minimum atomic E-state index is -1.28. The molecule has 1 atom stereocenters. The van der Waals surface area contributed by atoms with Crippen molar-refractivity contribution >= 4 is 29.3 Å². The lowest BCUT2D eigenvalue weighted by Crippen LogP contribution is -2.46. The number of rotatable bonds is 8. The van der Waals surface area contributed by atoms with Crippen molar-refractivity contribution in [2.24, 2.45) is 11.1 Å². The first-order valence-electron chi connectivity index (χ1n) is 11.8. The summed E-state index contributed by atoms with van der Waals surface area (Å²) in [7, 11) is 0. The van der Waals surface area contributed by atoms with E-state index in [9.17, 15) is 24.6 Å². The number of aliphatic hydroxyl groups excluding tert-OH is 1. The molecule has 3 rings (SSSR count). The van der Waals surface area contributed by atoms with Crippen LogP contribution in [0.25, 0.3) is 11.1 Å². The van der Waals surface area contributed by atoms with Crippen LogP contribution in [0.2, 0.25) is 0 Å². The van der Waals surface area contributed by atoms with Gasteiger partial charge in [0.2, 0.25) is 0 Å². The van der Waals surface area contributed by atoms with E-state index in [1.54, 1.807) is 43.3 Å². The summed E-state index contributed by atoms with van der Waals surface area (Å²) in [5.74, 6) is -2.47. The molecule has 0 aliphatic rings. The van der Waals surface area contributed by atoms with Gasteiger partial charge in [0.15, 0.2) is 0 Å². The number of anilines is 1. The second-order valence-corrected chi connectivity index (χ2v) is 9.93. The maximum absolute atomic E-state index is 13.2. The quantitative estimate of drug-likeness (QED) is 0.196. The molecule has 0 radical (unpaired) electrons. The molecule has 38 heavy (non-hydrogen) atoms. The van der Waals surface area contributed by atoms with Crippen LogP contribution in [-0.2, 0) is 0 Å². The molecule has 7 N–H and O–H groups in total. The molecule has 198 valence electrons. The number of hydrogen-bond acceptors (Lipinski definition) is 6. The van der Waals surface area contributed by atoms with E-state index in [4.69, 9.17) is 11.1 Å². The van der Waals surface area contributed by atoms with Crippen LogP contribution in [0.1, 0.15) is 63.2 Å². The van der Waals surface area contributed by atoms with Gasteiger partial charge in [0.1, 0.15) is 11.5 Å². The Bertz CT molecular complexity index is 1390. The van der Waals surface area contributed by atoms with Gasteiger partial charge in [-0.15, -0.1) is 0 Å². The number of carboxylic acid groups (broad SMARTS) is 1. The second kappa shape index (κ2) is 11.2.